The summed E-state index contributed by atoms with van der Waals surface area (Å²) in [6.45, 7) is 11.9. The molecule has 1 aromatic heterocycles. The molecule has 4 heteroatoms. The minimum atomic E-state index is -0.251. The van der Waals surface area contributed by atoms with E-state index in [1.54, 1.807) is 11.6 Å². The zero-order chi connectivity index (χ0) is 22.7. The third-order valence-electron chi connectivity index (χ3n) is 5.72. The molecule has 0 radical (unpaired) electrons. The Kier molecular flexibility index (Phi) is 6.59. The Hall–Kier alpha value is -3.40. The molecule has 0 aliphatic rings. The fourth-order valence-corrected chi connectivity index (χ4v) is 4.13. The maximum atomic E-state index is 12.4. The van der Waals surface area contributed by atoms with Crippen molar-refractivity contribution in [1.82, 2.24) is 4.57 Å². The standard InChI is InChI=1S/C27H30N2O2/c1-7-20-13-22(16-29(6)27(20)31)25-15-23(28-26(30)8-2)10-9-21(25)14-24-18(4)11-17(3)12-19(24)5/h8-13,15-16H,2,7,14H2,1,3-6H3,(H,28,30). The highest BCUT2D eigenvalue weighted by molar-refractivity contribution is 5.99. The van der Waals surface area contributed by atoms with Gasteiger partial charge in [-0.3, -0.25) is 9.59 Å². The topological polar surface area (TPSA) is 51.1 Å². The Morgan fingerprint density at radius 3 is 2.35 bits per heavy atom. The average molecular weight is 415 g/mol. The van der Waals surface area contributed by atoms with Crippen LogP contribution < -0.4 is 10.9 Å². The van der Waals surface area contributed by atoms with E-state index < -0.39 is 0 Å². The van der Waals surface area contributed by atoms with E-state index in [-0.39, 0.29) is 11.5 Å². The highest BCUT2D eigenvalue weighted by atomic mass is 16.1. The molecule has 31 heavy (non-hydrogen) atoms. The van der Waals surface area contributed by atoms with Crippen molar-refractivity contribution >= 4 is 11.6 Å². The lowest BCUT2D eigenvalue weighted by Gasteiger charge is -2.17. The average Bonchev–Trinajstić information content (AvgIpc) is 2.73. The summed E-state index contributed by atoms with van der Waals surface area (Å²) in [5, 5.41) is 2.85. The summed E-state index contributed by atoms with van der Waals surface area (Å²) in [7, 11) is 1.78. The van der Waals surface area contributed by atoms with Gasteiger partial charge in [-0.2, -0.15) is 0 Å². The SMILES string of the molecule is C=CC(=O)Nc1ccc(Cc2c(C)cc(C)cc2C)c(-c2cc(CC)c(=O)n(C)c2)c1. The van der Waals surface area contributed by atoms with E-state index in [2.05, 4.69) is 50.9 Å². The predicted octanol–water partition coefficient (Wildman–Crippen LogP) is 5.26. The van der Waals surface area contributed by atoms with Gasteiger partial charge >= 0.3 is 0 Å². The summed E-state index contributed by atoms with van der Waals surface area (Å²) >= 11 is 0. The van der Waals surface area contributed by atoms with E-state index in [1.807, 2.05) is 31.3 Å². The molecule has 0 atom stereocenters. The van der Waals surface area contributed by atoms with Crippen LogP contribution in [0.4, 0.5) is 5.69 Å². The lowest BCUT2D eigenvalue weighted by atomic mass is 9.90. The van der Waals surface area contributed by atoms with E-state index in [9.17, 15) is 9.59 Å². The minimum Gasteiger partial charge on any atom is -0.323 e. The molecule has 160 valence electrons. The van der Waals surface area contributed by atoms with Crippen molar-refractivity contribution < 1.29 is 4.79 Å². The zero-order valence-corrected chi connectivity index (χ0v) is 19.0. The van der Waals surface area contributed by atoms with Crippen LogP contribution in [-0.2, 0) is 24.7 Å². The molecule has 3 aromatic rings. The fourth-order valence-electron chi connectivity index (χ4n) is 4.13. The van der Waals surface area contributed by atoms with Crippen LogP contribution >= 0.6 is 0 Å². The Balaban J connectivity index is 2.18. The number of carbonyl (C=O) groups is 1. The van der Waals surface area contributed by atoms with Crippen LogP contribution in [0, 0.1) is 20.8 Å². The summed E-state index contributed by atoms with van der Waals surface area (Å²) in [4.78, 5) is 24.3. The van der Waals surface area contributed by atoms with E-state index >= 15 is 0 Å². The van der Waals surface area contributed by atoms with Gasteiger partial charge in [0, 0.05) is 24.5 Å². The number of pyridine rings is 1. The van der Waals surface area contributed by atoms with E-state index in [4.69, 9.17) is 0 Å². The molecule has 0 aliphatic carbocycles. The predicted molar refractivity (Wildman–Crippen MR) is 129 cm³/mol. The number of aromatic nitrogens is 1. The van der Waals surface area contributed by atoms with E-state index in [0.29, 0.717) is 12.1 Å². The first-order valence-corrected chi connectivity index (χ1v) is 10.6. The Morgan fingerprint density at radius 2 is 1.74 bits per heavy atom. The molecule has 0 spiro atoms. The van der Waals surface area contributed by atoms with Gasteiger partial charge in [-0.15, -0.1) is 0 Å². The molecule has 2 aromatic carbocycles. The first kappa shape index (κ1) is 22.3. The first-order chi connectivity index (χ1) is 14.7. The Labute approximate surface area is 184 Å². The van der Waals surface area contributed by atoms with E-state index in [1.165, 1.54) is 28.3 Å². The molecule has 0 unspecified atom stereocenters. The van der Waals surface area contributed by atoms with Crippen LogP contribution in [0.15, 0.2) is 60.0 Å². The van der Waals surface area contributed by atoms with Crippen molar-refractivity contribution in [3.63, 3.8) is 0 Å². The monoisotopic (exact) mass is 414 g/mol. The lowest BCUT2D eigenvalue weighted by Crippen LogP contribution is -2.20. The molecule has 3 rings (SSSR count). The summed E-state index contributed by atoms with van der Waals surface area (Å²) in [5.41, 5.74) is 9.70. The summed E-state index contributed by atoms with van der Waals surface area (Å²) in [6, 6.07) is 12.3. The van der Waals surface area contributed by atoms with Gasteiger partial charge in [0.25, 0.3) is 5.56 Å². The number of carbonyl (C=O) groups excluding carboxylic acids is 1. The molecule has 1 amide bonds. The number of nitrogens with one attached hydrogen (secondary N) is 1. The zero-order valence-electron chi connectivity index (χ0n) is 19.0. The molecule has 0 saturated heterocycles. The van der Waals surface area contributed by atoms with E-state index in [0.717, 1.165) is 28.7 Å². The quantitative estimate of drug-likeness (QED) is 0.560. The van der Waals surface area contributed by atoms with Crippen LogP contribution in [0.1, 0.15) is 40.3 Å². The second kappa shape index (κ2) is 9.17. The van der Waals surface area contributed by atoms with Crippen LogP contribution in [0.3, 0.4) is 0 Å². The molecule has 4 nitrogen and oxygen atoms in total. The fraction of sp³-hybridized carbons (Fsp3) is 0.259. The molecule has 0 aliphatic heterocycles. The smallest absolute Gasteiger partial charge is 0.253 e. The van der Waals surface area contributed by atoms with Crippen molar-refractivity contribution in [1.29, 1.82) is 0 Å². The highest BCUT2D eigenvalue weighted by Gasteiger charge is 2.14. The number of hydrogen-bond donors (Lipinski definition) is 1. The number of hydrogen-bond acceptors (Lipinski definition) is 2. The molecular formula is C27H30N2O2. The highest BCUT2D eigenvalue weighted by Crippen LogP contribution is 2.31. The molecule has 0 bridgehead atoms. The minimum absolute atomic E-state index is 0.0224. The lowest BCUT2D eigenvalue weighted by molar-refractivity contribution is -0.111. The van der Waals surface area contributed by atoms with Crippen molar-refractivity contribution in [2.75, 3.05) is 5.32 Å². The molecule has 1 heterocycles. The normalized spacial score (nSPS) is 10.7. The van der Waals surface area contributed by atoms with Crippen LogP contribution in [0.2, 0.25) is 0 Å². The molecular weight excluding hydrogens is 384 g/mol. The summed E-state index contributed by atoms with van der Waals surface area (Å²) in [5.74, 6) is -0.251. The van der Waals surface area contributed by atoms with Gasteiger partial charge < -0.3 is 9.88 Å². The molecule has 1 N–H and O–H groups in total. The van der Waals surface area contributed by atoms with Crippen molar-refractivity contribution in [3.05, 3.63) is 99.0 Å². The first-order valence-electron chi connectivity index (χ1n) is 10.6. The largest absolute Gasteiger partial charge is 0.323 e. The van der Waals surface area contributed by atoms with Gasteiger partial charge in [-0.05, 0) is 91.3 Å². The Morgan fingerprint density at radius 1 is 1.06 bits per heavy atom. The van der Waals surface area contributed by atoms with Gasteiger partial charge in [0.1, 0.15) is 0 Å². The number of rotatable bonds is 6. The van der Waals surface area contributed by atoms with Gasteiger partial charge in [-0.1, -0.05) is 37.3 Å². The third kappa shape index (κ3) is 4.85. The van der Waals surface area contributed by atoms with Crippen molar-refractivity contribution in [2.45, 2.75) is 40.5 Å². The van der Waals surface area contributed by atoms with Crippen molar-refractivity contribution in [3.8, 4) is 11.1 Å². The number of aryl methyl sites for hydroxylation is 5. The van der Waals surface area contributed by atoms with Crippen LogP contribution in [-0.4, -0.2) is 10.5 Å². The summed E-state index contributed by atoms with van der Waals surface area (Å²) < 4.78 is 1.63. The number of amides is 1. The second-order valence-electron chi connectivity index (χ2n) is 8.14. The van der Waals surface area contributed by atoms with Crippen molar-refractivity contribution in [2.24, 2.45) is 7.05 Å². The maximum Gasteiger partial charge on any atom is 0.253 e. The number of nitrogens with zero attached hydrogens (tertiary/aromatic N) is 1. The molecule has 0 fully saturated rings. The number of benzene rings is 2. The van der Waals surface area contributed by atoms with Crippen LogP contribution in [0.5, 0.6) is 0 Å². The maximum absolute atomic E-state index is 12.4. The third-order valence-corrected chi connectivity index (χ3v) is 5.72. The second-order valence-corrected chi connectivity index (χ2v) is 8.14. The number of anilines is 1. The van der Waals surface area contributed by atoms with Gasteiger partial charge in [0.2, 0.25) is 5.91 Å². The Bertz CT molecular complexity index is 1200. The van der Waals surface area contributed by atoms with Gasteiger partial charge in [0.15, 0.2) is 0 Å². The van der Waals surface area contributed by atoms with Crippen LogP contribution in [0.25, 0.3) is 11.1 Å². The van der Waals surface area contributed by atoms with Gasteiger partial charge in [0.05, 0.1) is 0 Å². The summed E-state index contributed by atoms with van der Waals surface area (Å²) in [6.07, 6.45) is 4.56. The van der Waals surface area contributed by atoms with Gasteiger partial charge in [-0.25, -0.2) is 0 Å². The molecule has 0 saturated carbocycles.